The van der Waals surface area contributed by atoms with Crippen LogP contribution in [0.2, 0.25) is 0 Å². The number of amides is 1. The molecule has 0 radical (unpaired) electrons. The molecule has 1 atom stereocenters. The summed E-state index contributed by atoms with van der Waals surface area (Å²) in [4.78, 5) is 14.5. The van der Waals surface area contributed by atoms with Gasteiger partial charge in [0.05, 0.1) is 6.42 Å². The van der Waals surface area contributed by atoms with E-state index in [1.54, 1.807) is 0 Å². The highest BCUT2D eigenvalue weighted by atomic mass is 16.2. The quantitative estimate of drug-likeness (QED) is 0.918. The van der Waals surface area contributed by atoms with Crippen molar-refractivity contribution in [2.24, 2.45) is 5.73 Å². The molecule has 0 aliphatic carbocycles. The lowest BCUT2D eigenvalue weighted by molar-refractivity contribution is -0.118. The van der Waals surface area contributed by atoms with Crippen LogP contribution in [0.5, 0.6) is 0 Å². The molecular weight excluding hydrogens is 260 g/mol. The van der Waals surface area contributed by atoms with E-state index in [1.165, 1.54) is 5.56 Å². The van der Waals surface area contributed by atoms with E-state index >= 15 is 0 Å². The van der Waals surface area contributed by atoms with E-state index in [-0.39, 0.29) is 11.9 Å². The maximum absolute atomic E-state index is 12.6. The summed E-state index contributed by atoms with van der Waals surface area (Å²) in [7, 11) is 0. The second-order valence-electron chi connectivity index (χ2n) is 5.76. The fraction of sp³-hybridized carbons (Fsp3) is 0.278. The van der Waals surface area contributed by atoms with E-state index in [9.17, 15) is 4.79 Å². The van der Waals surface area contributed by atoms with Crippen molar-refractivity contribution >= 4 is 11.6 Å². The van der Waals surface area contributed by atoms with Crippen molar-refractivity contribution in [3.8, 4) is 0 Å². The Hall–Kier alpha value is -2.13. The lowest BCUT2D eigenvalue weighted by Gasteiger charge is -2.33. The number of fused-ring (bicyclic) bond motifs is 1. The number of nitrogens with zero attached hydrogens (tertiary/aromatic N) is 1. The van der Waals surface area contributed by atoms with Crippen molar-refractivity contribution in [2.75, 3.05) is 11.4 Å². The van der Waals surface area contributed by atoms with Gasteiger partial charge in [0.1, 0.15) is 0 Å². The first kappa shape index (κ1) is 13.8. The van der Waals surface area contributed by atoms with Crippen LogP contribution < -0.4 is 10.6 Å². The van der Waals surface area contributed by atoms with E-state index < -0.39 is 0 Å². The van der Waals surface area contributed by atoms with Gasteiger partial charge in [-0.2, -0.15) is 0 Å². The van der Waals surface area contributed by atoms with Crippen LogP contribution in [0.3, 0.4) is 0 Å². The maximum Gasteiger partial charge on any atom is 0.231 e. The van der Waals surface area contributed by atoms with Crippen LogP contribution in [0.1, 0.15) is 16.7 Å². The molecule has 0 spiro atoms. The first-order valence-electron chi connectivity index (χ1n) is 7.33. The summed E-state index contributed by atoms with van der Waals surface area (Å²) in [5.74, 6) is 0.112. The predicted molar refractivity (Wildman–Crippen MR) is 85.4 cm³/mol. The number of rotatable bonds is 2. The van der Waals surface area contributed by atoms with Gasteiger partial charge in [-0.15, -0.1) is 0 Å². The lowest BCUT2D eigenvalue weighted by Crippen LogP contribution is -2.46. The molecule has 0 bridgehead atoms. The molecule has 1 aliphatic heterocycles. The molecule has 0 aromatic heterocycles. The molecule has 2 aromatic carbocycles. The van der Waals surface area contributed by atoms with Gasteiger partial charge in [0.15, 0.2) is 0 Å². The number of anilines is 1. The zero-order valence-corrected chi connectivity index (χ0v) is 12.3. The number of para-hydroxylation sites is 1. The Balaban J connectivity index is 1.83. The zero-order chi connectivity index (χ0) is 14.8. The zero-order valence-electron chi connectivity index (χ0n) is 12.3. The van der Waals surface area contributed by atoms with Gasteiger partial charge in [0.2, 0.25) is 5.91 Å². The van der Waals surface area contributed by atoms with Crippen LogP contribution >= 0.6 is 0 Å². The largest absolute Gasteiger partial charge is 0.326 e. The van der Waals surface area contributed by atoms with Gasteiger partial charge in [-0.25, -0.2) is 0 Å². The second-order valence-corrected chi connectivity index (χ2v) is 5.76. The summed E-state index contributed by atoms with van der Waals surface area (Å²) in [5, 5.41) is 0. The summed E-state index contributed by atoms with van der Waals surface area (Å²) in [5.41, 5.74) is 10.5. The first-order valence-corrected chi connectivity index (χ1v) is 7.33. The van der Waals surface area contributed by atoms with Crippen molar-refractivity contribution < 1.29 is 4.79 Å². The summed E-state index contributed by atoms with van der Waals surface area (Å²) < 4.78 is 0. The molecule has 108 valence electrons. The molecule has 3 rings (SSSR count). The van der Waals surface area contributed by atoms with Crippen LogP contribution in [0.25, 0.3) is 0 Å². The van der Waals surface area contributed by atoms with Crippen LogP contribution in [-0.4, -0.2) is 18.5 Å². The normalized spacial score (nSPS) is 17.4. The minimum absolute atomic E-state index is 0.0156. The Kier molecular flexibility index (Phi) is 3.76. The molecule has 0 saturated carbocycles. The molecule has 0 fully saturated rings. The standard InChI is InChI=1S/C18H20N2O/c1-13-6-8-14(9-7-13)10-18(21)20-12-16(19)11-15-4-2-3-5-17(15)20/h2-9,16H,10-12,19H2,1H3. The number of carbonyl (C=O) groups excluding carboxylic acids is 1. The highest BCUT2D eigenvalue weighted by molar-refractivity contribution is 5.96. The molecule has 1 unspecified atom stereocenters. The average Bonchev–Trinajstić information content (AvgIpc) is 2.48. The van der Waals surface area contributed by atoms with Crippen LogP contribution in [0.4, 0.5) is 5.69 Å². The third-order valence-corrected chi connectivity index (χ3v) is 3.96. The van der Waals surface area contributed by atoms with Gasteiger partial charge >= 0.3 is 0 Å². The van der Waals surface area contributed by atoms with Gasteiger partial charge in [-0.05, 0) is 30.5 Å². The van der Waals surface area contributed by atoms with Gasteiger partial charge in [-0.3, -0.25) is 4.79 Å². The summed E-state index contributed by atoms with van der Waals surface area (Å²) >= 11 is 0. The number of aryl methyl sites for hydroxylation is 1. The number of nitrogens with two attached hydrogens (primary N) is 1. The smallest absolute Gasteiger partial charge is 0.231 e. The van der Waals surface area contributed by atoms with E-state index in [0.29, 0.717) is 13.0 Å². The van der Waals surface area contributed by atoms with Gasteiger partial charge in [-0.1, -0.05) is 48.0 Å². The maximum atomic E-state index is 12.6. The molecule has 1 heterocycles. The summed E-state index contributed by atoms with van der Waals surface area (Å²) in [6.07, 6.45) is 1.26. The predicted octanol–water partition coefficient (Wildman–Crippen LogP) is 2.45. The van der Waals surface area contributed by atoms with Gasteiger partial charge < -0.3 is 10.6 Å². The molecule has 21 heavy (non-hydrogen) atoms. The molecule has 3 heteroatoms. The average molecular weight is 280 g/mol. The molecular formula is C18H20N2O. The van der Waals surface area contributed by atoms with E-state index in [2.05, 4.69) is 6.07 Å². The topological polar surface area (TPSA) is 46.3 Å². The fourth-order valence-corrected chi connectivity index (χ4v) is 2.84. The highest BCUT2D eigenvalue weighted by Crippen LogP contribution is 2.27. The van der Waals surface area contributed by atoms with Gasteiger partial charge in [0, 0.05) is 18.3 Å². The van der Waals surface area contributed by atoms with Crippen molar-refractivity contribution in [3.63, 3.8) is 0 Å². The number of hydrogen-bond acceptors (Lipinski definition) is 2. The highest BCUT2D eigenvalue weighted by Gasteiger charge is 2.26. The Morgan fingerprint density at radius 3 is 2.67 bits per heavy atom. The summed E-state index contributed by atoms with van der Waals surface area (Å²) in [6, 6.07) is 16.2. The summed E-state index contributed by atoms with van der Waals surface area (Å²) in [6.45, 7) is 2.65. The lowest BCUT2D eigenvalue weighted by atomic mass is 9.97. The van der Waals surface area contributed by atoms with Crippen LogP contribution in [-0.2, 0) is 17.6 Å². The third-order valence-electron chi connectivity index (χ3n) is 3.96. The minimum Gasteiger partial charge on any atom is -0.326 e. The minimum atomic E-state index is 0.0156. The Morgan fingerprint density at radius 2 is 1.90 bits per heavy atom. The van der Waals surface area contributed by atoms with Crippen molar-refractivity contribution in [1.82, 2.24) is 0 Å². The molecule has 1 amide bonds. The first-order chi connectivity index (χ1) is 10.1. The number of hydrogen-bond donors (Lipinski definition) is 1. The molecule has 2 N–H and O–H groups in total. The molecule has 3 nitrogen and oxygen atoms in total. The van der Waals surface area contributed by atoms with Crippen LogP contribution in [0.15, 0.2) is 48.5 Å². The Bertz CT molecular complexity index is 649. The Morgan fingerprint density at radius 1 is 1.19 bits per heavy atom. The molecule has 1 aliphatic rings. The number of carbonyl (C=O) groups is 1. The number of benzene rings is 2. The van der Waals surface area contributed by atoms with Crippen molar-refractivity contribution in [2.45, 2.75) is 25.8 Å². The molecule has 2 aromatic rings. The Labute approximate surface area is 125 Å². The van der Waals surface area contributed by atoms with Crippen LogP contribution in [0, 0.1) is 6.92 Å². The molecule has 0 saturated heterocycles. The SMILES string of the molecule is Cc1ccc(CC(=O)N2CC(N)Cc3ccccc32)cc1. The van der Waals surface area contributed by atoms with E-state index in [1.807, 2.05) is 54.3 Å². The van der Waals surface area contributed by atoms with Crippen molar-refractivity contribution in [3.05, 3.63) is 65.2 Å². The van der Waals surface area contributed by atoms with E-state index in [4.69, 9.17) is 5.73 Å². The van der Waals surface area contributed by atoms with Crippen molar-refractivity contribution in [1.29, 1.82) is 0 Å². The third kappa shape index (κ3) is 2.98. The monoisotopic (exact) mass is 280 g/mol. The fourth-order valence-electron chi connectivity index (χ4n) is 2.84. The van der Waals surface area contributed by atoms with E-state index in [0.717, 1.165) is 23.2 Å². The van der Waals surface area contributed by atoms with Gasteiger partial charge in [0.25, 0.3) is 0 Å². The second kappa shape index (κ2) is 5.70.